The van der Waals surface area contributed by atoms with Crippen molar-refractivity contribution in [3.05, 3.63) is 0 Å². The van der Waals surface area contributed by atoms with Gasteiger partial charge in [-0.3, -0.25) is 4.79 Å². The van der Waals surface area contributed by atoms with Gasteiger partial charge >= 0.3 is 12.0 Å². The van der Waals surface area contributed by atoms with Gasteiger partial charge in [0.2, 0.25) is 0 Å². The highest BCUT2D eigenvalue weighted by molar-refractivity contribution is 5.77. The van der Waals surface area contributed by atoms with Crippen molar-refractivity contribution in [1.29, 1.82) is 0 Å². The molecule has 2 rings (SSSR count). The van der Waals surface area contributed by atoms with Crippen molar-refractivity contribution in [2.24, 2.45) is 11.8 Å². The summed E-state index contributed by atoms with van der Waals surface area (Å²) in [5.74, 6) is -1.16. The molecule has 0 aromatic carbocycles. The SMILES string of the molecule is COC1CN(C(=O)N2CC(C(C)C(=O)O)C2)CC1OC. The Morgan fingerprint density at radius 1 is 1.05 bits per heavy atom. The molecule has 0 aromatic heterocycles. The third-order valence-corrected chi connectivity index (χ3v) is 4.37. The van der Waals surface area contributed by atoms with Gasteiger partial charge < -0.3 is 24.4 Å². The summed E-state index contributed by atoms with van der Waals surface area (Å²) in [7, 11) is 3.22. The summed E-state index contributed by atoms with van der Waals surface area (Å²) < 4.78 is 10.6. The van der Waals surface area contributed by atoms with Crippen LogP contribution in [0.25, 0.3) is 0 Å². The number of carbonyl (C=O) groups excluding carboxylic acids is 1. The lowest BCUT2D eigenvalue weighted by molar-refractivity contribution is -0.144. The second kappa shape index (κ2) is 5.97. The fourth-order valence-electron chi connectivity index (χ4n) is 2.74. The van der Waals surface area contributed by atoms with Gasteiger partial charge in [-0.15, -0.1) is 0 Å². The molecule has 1 N–H and O–H groups in total. The summed E-state index contributed by atoms with van der Waals surface area (Å²) in [6.07, 6.45) is -0.196. The van der Waals surface area contributed by atoms with Crippen molar-refractivity contribution in [3.8, 4) is 0 Å². The molecular weight excluding hydrogens is 264 g/mol. The second-order valence-electron chi connectivity index (χ2n) is 5.53. The van der Waals surface area contributed by atoms with Crippen molar-refractivity contribution in [3.63, 3.8) is 0 Å². The quantitative estimate of drug-likeness (QED) is 0.793. The number of carboxylic acids is 1. The largest absolute Gasteiger partial charge is 0.481 e. The van der Waals surface area contributed by atoms with E-state index in [1.165, 1.54) is 0 Å². The highest BCUT2D eigenvalue weighted by atomic mass is 16.5. The summed E-state index contributed by atoms with van der Waals surface area (Å²) in [6.45, 7) is 3.75. The first-order valence-corrected chi connectivity index (χ1v) is 6.80. The summed E-state index contributed by atoms with van der Waals surface area (Å²) >= 11 is 0. The monoisotopic (exact) mass is 286 g/mol. The van der Waals surface area contributed by atoms with Gasteiger partial charge in [0.05, 0.1) is 19.0 Å². The number of hydrogen-bond acceptors (Lipinski definition) is 4. The van der Waals surface area contributed by atoms with Crippen LogP contribution < -0.4 is 0 Å². The van der Waals surface area contributed by atoms with Crippen LogP contribution in [0.2, 0.25) is 0 Å². The Labute approximate surface area is 118 Å². The van der Waals surface area contributed by atoms with Crippen LogP contribution in [0.3, 0.4) is 0 Å². The van der Waals surface area contributed by atoms with E-state index in [1.807, 2.05) is 0 Å². The van der Waals surface area contributed by atoms with E-state index < -0.39 is 11.9 Å². The zero-order chi connectivity index (χ0) is 14.9. The molecule has 114 valence electrons. The van der Waals surface area contributed by atoms with Crippen molar-refractivity contribution in [2.45, 2.75) is 19.1 Å². The van der Waals surface area contributed by atoms with Gasteiger partial charge in [0.1, 0.15) is 12.2 Å². The van der Waals surface area contributed by atoms with Crippen molar-refractivity contribution in [1.82, 2.24) is 9.80 Å². The number of carbonyl (C=O) groups is 2. The highest BCUT2D eigenvalue weighted by Crippen LogP contribution is 2.26. The minimum atomic E-state index is -0.804. The van der Waals surface area contributed by atoms with E-state index in [0.717, 1.165) is 0 Å². The molecule has 0 saturated carbocycles. The lowest BCUT2D eigenvalue weighted by atomic mass is 9.87. The summed E-state index contributed by atoms with van der Waals surface area (Å²) in [6, 6.07) is -0.0551. The maximum Gasteiger partial charge on any atom is 0.320 e. The van der Waals surface area contributed by atoms with E-state index in [-0.39, 0.29) is 24.2 Å². The molecule has 3 unspecified atom stereocenters. The number of aliphatic carboxylic acids is 1. The van der Waals surface area contributed by atoms with Crippen LogP contribution >= 0.6 is 0 Å². The molecule has 2 saturated heterocycles. The molecule has 0 aromatic rings. The number of likely N-dealkylation sites (tertiary alicyclic amines) is 2. The van der Waals surface area contributed by atoms with Gasteiger partial charge in [0.15, 0.2) is 0 Å². The minimum absolute atomic E-state index is 0.0514. The van der Waals surface area contributed by atoms with E-state index in [9.17, 15) is 9.59 Å². The van der Waals surface area contributed by atoms with Crippen molar-refractivity contribution < 1.29 is 24.2 Å². The predicted octanol–water partition coefficient (Wildman–Crippen LogP) is 0.105. The van der Waals surface area contributed by atoms with Crippen LogP contribution in [0.1, 0.15) is 6.92 Å². The molecule has 2 amide bonds. The standard InChI is InChI=1S/C13H22N2O5/c1-8(12(16)17)9-4-14(5-9)13(18)15-6-10(19-2)11(7-15)20-3/h8-11H,4-7H2,1-3H3,(H,16,17). The fraction of sp³-hybridized carbons (Fsp3) is 0.846. The minimum Gasteiger partial charge on any atom is -0.481 e. The molecule has 0 radical (unpaired) electrons. The van der Waals surface area contributed by atoms with Gasteiger partial charge in [-0.2, -0.15) is 0 Å². The molecule has 3 atom stereocenters. The summed E-state index contributed by atoms with van der Waals surface area (Å²) in [5, 5.41) is 8.94. The Hall–Kier alpha value is -1.34. The van der Waals surface area contributed by atoms with Crippen LogP contribution in [-0.2, 0) is 14.3 Å². The van der Waals surface area contributed by atoms with E-state index >= 15 is 0 Å². The molecule has 20 heavy (non-hydrogen) atoms. The fourth-order valence-corrected chi connectivity index (χ4v) is 2.74. The number of amides is 2. The number of carboxylic acid groups (broad SMARTS) is 1. The van der Waals surface area contributed by atoms with E-state index in [0.29, 0.717) is 26.2 Å². The number of hydrogen-bond donors (Lipinski definition) is 1. The van der Waals surface area contributed by atoms with Gasteiger partial charge in [0.25, 0.3) is 0 Å². The van der Waals surface area contributed by atoms with Gasteiger partial charge in [-0.25, -0.2) is 4.79 Å². The molecule has 2 aliphatic rings. The number of rotatable bonds is 4. The first-order valence-electron chi connectivity index (χ1n) is 6.80. The topological polar surface area (TPSA) is 79.3 Å². The molecule has 2 fully saturated rings. The van der Waals surface area contributed by atoms with Crippen LogP contribution in [-0.4, -0.2) is 79.5 Å². The van der Waals surface area contributed by atoms with Crippen LogP contribution in [0.4, 0.5) is 4.79 Å². The van der Waals surface area contributed by atoms with Crippen LogP contribution in [0, 0.1) is 11.8 Å². The number of ether oxygens (including phenoxy) is 2. The van der Waals surface area contributed by atoms with Crippen molar-refractivity contribution >= 4 is 12.0 Å². The smallest absolute Gasteiger partial charge is 0.320 e. The predicted molar refractivity (Wildman–Crippen MR) is 70.4 cm³/mol. The molecule has 0 spiro atoms. The highest BCUT2D eigenvalue weighted by Gasteiger charge is 2.42. The average molecular weight is 286 g/mol. The molecule has 0 aliphatic carbocycles. The number of nitrogens with zero attached hydrogens (tertiary/aromatic N) is 2. The number of methoxy groups -OCH3 is 2. The third kappa shape index (κ3) is 2.73. The first-order chi connectivity index (χ1) is 9.47. The lowest BCUT2D eigenvalue weighted by Crippen LogP contribution is -2.57. The Morgan fingerprint density at radius 2 is 1.50 bits per heavy atom. The Balaban J connectivity index is 1.84. The summed E-state index contributed by atoms with van der Waals surface area (Å²) in [5.41, 5.74) is 0. The van der Waals surface area contributed by atoms with Gasteiger partial charge in [-0.05, 0) is 0 Å². The molecule has 2 heterocycles. The number of urea groups is 1. The third-order valence-electron chi connectivity index (χ3n) is 4.37. The van der Waals surface area contributed by atoms with Crippen LogP contribution in [0.15, 0.2) is 0 Å². The normalized spacial score (nSPS) is 28.4. The van der Waals surface area contributed by atoms with E-state index in [4.69, 9.17) is 14.6 Å². The van der Waals surface area contributed by atoms with E-state index in [2.05, 4.69) is 0 Å². The Kier molecular flexibility index (Phi) is 4.49. The lowest BCUT2D eigenvalue weighted by Gasteiger charge is -2.42. The maximum absolute atomic E-state index is 12.3. The molecule has 2 aliphatic heterocycles. The zero-order valence-corrected chi connectivity index (χ0v) is 12.1. The maximum atomic E-state index is 12.3. The molecular formula is C13H22N2O5. The Bertz CT molecular complexity index is 371. The molecule has 0 bridgehead atoms. The van der Waals surface area contributed by atoms with Gasteiger partial charge in [-0.1, -0.05) is 6.92 Å². The molecule has 7 heteroatoms. The van der Waals surface area contributed by atoms with Gasteiger partial charge in [0, 0.05) is 33.2 Å². The molecule has 7 nitrogen and oxygen atoms in total. The zero-order valence-electron chi connectivity index (χ0n) is 12.1. The second-order valence-corrected chi connectivity index (χ2v) is 5.53. The van der Waals surface area contributed by atoms with E-state index in [1.54, 1.807) is 30.9 Å². The summed E-state index contributed by atoms with van der Waals surface area (Å²) in [4.78, 5) is 26.6. The first kappa shape index (κ1) is 15.1. The average Bonchev–Trinajstić information content (AvgIpc) is 2.79. The Morgan fingerprint density at radius 3 is 1.90 bits per heavy atom. The van der Waals surface area contributed by atoms with Crippen molar-refractivity contribution in [2.75, 3.05) is 40.4 Å². The van der Waals surface area contributed by atoms with Crippen LogP contribution in [0.5, 0.6) is 0 Å².